The molecule has 0 unspecified atom stereocenters. The average molecular weight is 282 g/mol. The second-order valence-electron chi connectivity index (χ2n) is 6.65. The summed E-state index contributed by atoms with van der Waals surface area (Å²) in [4.78, 5) is 15.2. The summed E-state index contributed by atoms with van der Waals surface area (Å²) in [5, 5.41) is 3.36. The second kappa shape index (κ2) is 6.44. The number of likely N-dealkylation sites (tertiary alicyclic amines) is 1. The Morgan fingerprint density at radius 3 is 2.35 bits per heavy atom. The van der Waals surface area contributed by atoms with Crippen LogP contribution >= 0.6 is 0 Å². The molecule has 20 heavy (non-hydrogen) atoms. The first-order chi connectivity index (χ1) is 9.61. The van der Waals surface area contributed by atoms with Gasteiger partial charge in [0.05, 0.1) is 12.0 Å². The van der Waals surface area contributed by atoms with Gasteiger partial charge < -0.3 is 15.0 Å². The van der Waals surface area contributed by atoms with E-state index in [4.69, 9.17) is 4.74 Å². The molecule has 0 aromatic carbocycles. The Labute approximate surface area is 123 Å². The number of methoxy groups -OCH3 is 1. The number of piperidine rings is 1. The molecule has 0 aromatic rings. The molecule has 4 nitrogen and oxygen atoms in total. The Bertz CT molecular complexity index is 328. The molecule has 1 N–H and O–H groups in total. The van der Waals surface area contributed by atoms with E-state index in [2.05, 4.69) is 24.1 Å². The summed E-state index contributed by atoms with van der Waals surface area (Å²) in [6.07, 6.45) is 5.31. The van der Waals surface area contributed by atoms with Crippen molar-refractivity contribution in [1.82, 2.24) is 10.2 Å². The number of nitrogens with one attached hydrogen (secondary N) is 1. The lowest BCUT2D eigenvalue weighted by Gasteiger charge is -2.39. The minimum absolute atomic E-state index is 0.280. The summed E-state index contributed by atoms with van der Waals surface area (Å²) < 4.78 is 5.39. The topological polar surface area (TPSA) is 41.6 Å². The van der Waals surface area contributed by atoms with E-state index in [9.17, 15) is 4.79 Å². The molecular formula is C16H30N2O2. The molecule has 2 saturated heterocycles. The van der Waals surface area contributed by atoms with Crippen molar-refractivity contribution >= 4 is 5.91 Å². The van der Waals surface area contributed by atoms with Crippen molar-refractivity contribution in [1.29, 1.82) is 0 Å². The maximum atomic E-state index is 13.1. The van der Waals surface area contributed by atoms with Crippen molar-refractivity contribution < 1.29 is 9.53 Å². The summed E-state index contributed by atoms with van der Waals surface area (Å²) >= 11 is 0. The molecule has 0 saturated carbocycles. The normalized spacial score (nSPS) is 24.9. The van der Waals surface area contributed by atoms with Crippen molar-refractivity contribution in [3.8, 4) is 0 Å². The zero-order chi connectivity index (χ0) is 14.6. The van der Waals surface area contributed by atoms with Gasteiger partial charge in [-0.3, -0.25) is 4.79 Å². The van der Waals surface area contributed by atoms with Crippen LogP contribution in [0.15, 0.2) is 0 Å². The summed E-state index contributed by atoms with van der Waals surface area (Å²) in [6, 6.07) is 0. The van der Waals surface area contributed by atoms with Crippen LogP contribution in [0.1, 0.15) is 46.0 Å². The van der Waals surface area contributed by atoms with Crippen molar-refractivity contribution in [3.63, 3.8) is 0 Å². The minimum Gasteiger partial charge on any atom is -0.384 e. The van der Waals surface area contributed by atoms with Crippen molar-refractivity contribution in [2.75, 3.05) is 39.9 Å². The first kappa shape index (κ1) is 15.8. The number of nitrogens with zero attached hydrogens (tertiary/aromatic N) is 1. The molecule has 2 aliphatic rings. The van der Waals surface area contributed by atoms with E-state index in [1.54, 1.807) is 7.11 Å². The van der Waals surface area contributed by atoms with E-state index in [1.807, 2.05) is 0 Å². The van der Waals surface area contributed by atoms with Crippen LogP contribution in [-0.2, 0) is 9.53 Å². The summed E-state index contributed by atoms with van der Waals surface area (Å²) in [5.74, 6) is 0.338. The Balaban J connectivity index is 2.09. The van der Waals surface area contributed by atoms with Gasteiger partial charge in [-0.05, 0) is 50.6 Å². The maximum absolute atomic E-state index is 13.1. The van der Waals surface area contributed by atoms with Crippen LogP contribution in [0.4, 0.5) is 0 Å². The Hall–Kier alpha value is -0.610. The van der Waals surface area contributed by atoms with Gasteiger partial charge in [-0.1, -0.05) is 13.8 Å². The van der Waals surface area contributed by atoms with Gasteiger partial charge in [-0.2, -0.15) is 0 Å². The lowest BCUT2D eigenvalue weighted by molar-refractivity contribution is -0.147. The predicted molar refractivity (Wildman–Crippen MR) is 80.6 cm³/mol. The van der Waals surface area contributed by atoms with Gasteiger partial charge in [0.1, 0.15) is 0 Å². The van der Waals surface area contributed by atoms with E-state index in [0.29, 0.717) is 17.9 Å². The fourth-order valence-electron chi connectivity index (χ4n) is 3.87. The van der Waals surface area contributed by atoms with Gasteiger partial charge in [0, 0.05) is 20.2 Å². The first-order valence-electron chi connectivity index (χ1n) is 8.10. The highest BCUT2D eigenvalue weighted by atomic mass is 16.5. The van der Waals surface area contributed by atoms with Gasteiger partial charge >= 0.3 is 0 Å². The molecule has 4 heteroatoms. The summed E-state index contributed by atoms with van der Waals surface area (Å²) in [6.45, 7) is 8.80. The molecule has 1 amide bonds. The molecule has 2 rings (SSSR count). The minimum atomic E-state index is -0.280. The van der Waals surface area contributed by atoms with Crippen LogP contribution in [0.25, 0.3) is 0 Å². The highest BCUT2D eigenvalue weighted by Gasteiger charge is 2.46. The molecule has 0 bridgehead atoms. The first-order valence-corrected chi connectivity index (χ1v) is 8.10. The number of ether oxygens (including phenoxy) is 1. The number of hydrogen-bond acceptors (Lipinski definition) is 3. The van der Waals surface area contributed by atoms with Crippen LogP contribution in [-0.4, -0.2) is 50.7 Å². The van der Waals surface area contributed by atoms with Crippen molar-refractivity contribution in [2.24, 2.45) is 10.8 Å². The van der Waals surface area contributed by atoms with Gasteiger partial charge in [0.15, 0.2) is 0 Å². The standard InChI is InChI=1S/C16H30N2O2/c1-4-15(5-2)8-11-18(12-15)14(19)16(13-20-3)6-9-17-10-7-16/h17H,4-13H2,1-3H3. The molecule has 116 valence electrons. The highest BCUT2D eigenvalue weighted by molar-refractivity contribution is 5.83. The lowest BCUT2D eigenvalue weighted by Crippen LogP contribution is -2.51. The molecule has 0 spiro atoms. The van der Waals surface area contributed by atoms with Gasteiger partial charge in [0.25, 0.3) is 0 Å². The number of carbonyl (C=O) groups is 1. The fourth-order valence-corrected chi connectivity index (χ4v) is 3.87. The van der Waals surface area contributed by atoms with Crippen LogP contribution in [0.5, 0.6) is 0 Å². The van der Waals surface area contributed by atoms with Crippen LogP contribution in [0, 0.1) is 10.8 Å². The van der Waals surface area contributed by atoms with E-state index in [-0.39, 0.29) is 5.41 Å². The Morgan fingerprint density at radius 2 is 1.85 bits per heavy atom. The molecule has 2 heterocycles. The largest absolute Gasteiger partial charge is 0.384 e. The third-order valence-corrected chi connectivity index (χ3v) is 5.66. The zero-order valence-corrected chi connectivity index (χ0v) is 13.3. The smallest absolute Gasteiger partial charge is 0.231 e. The van der Waals surface area contributed by atoms with Crippen LogP contribution < -0.4 is 5.32 Å². The van der Waals surface area contributed by atoms with Gasteiger partial charge in [-0.25, -0.2) is 0 Å². The molecular weight excluding hydrogens is 252 g/mol. The maximum Gasteiger partial charge on any atom is 0.231 e. The third kappa shape index (κ3) is 2.86. The number of hydrogen-bond donors (Lipinski definition) is 1. The SMILES string of the molecule is CCC1(CC)CCN(C(=O)C2(COC)CCNCC2)C1. The predicted octanol–water partition coefficient (Wildman–Crippen LogP) is 2.04. The molecule has 2 fully saturated rings. The highest BCUT2D eigenvalue weighted by Crippen LogP contribution is 2.40. The molecule has 0 radical (unpaired) electrons. The fraction of sp³-hybridized carbons (Fsp3) is 0.938. The summed E-state index contributed by atoms with van der Waals surface area (Å²) in [7, 11) is 1.71. The van der Waals surface area contributed by atoms with Gasteiger partial charge in [-0.15, -0.1) is 0 Å². The van der Waals surface area contributed by atoms with Crippen LogP contribution in [0.3, 0.4) is 0 Å². The second-order valence-corrected chi connectivity index (χ2v) is 6.65. The number of rotatable bonds is 5. The van der Waals surface area contributed by atoms with Crippen molar-refractivity contribution in [3.05, 3.63) is 0 Å². The monoisotopic (exact) mass is 282 g/mol. The molecule has 0 aromatic heterocycles. The van der Waals surface area contributed by atoms with Crippen LogP contribution in [0.2, 0.25) is 0 Å². The molecule has 0 aliphatic carbocycles. The van der Waals surface area contributed by atoms with E-state index >= 15 is 0 Å². The average Bonchev–Trinajstić information content (AvgIpc) is 2.93. The van der Waals surface area contributed by atoms with E-state index in [1.165, 1.54) is 12.8 Å². The molecule has 0 atom stereocenters. The Morgan fingerprint density at radius 1 is 1.20 bits per heavy atom. The number of carbonyl (C=O) groups excluding carboxylic acids is 1. The quantitative estimate of drug-likeness (QED) is 0.839. The van der Waals surface area contributed by atoms with Crippen molar-refractivity contribution in [2.45, 2.75) is 46.0 Å². The molecule has 2 aliphatic heterocycles. The number of amides is 1. The third-order valence-electron chi connectivity index (χ3n) is 5.66. The lowest BCUT2D eigenvalue weighted by atomic mass is 9.78. The van der Waals surface area contributed by atoms with Gasteiger partial charge in [0.2, 0.25) is 5.91 Å². The Kier molecular flexibility index (Phi) is 5.08. The summed E-state index contributed by atoms with van der Waals surface area (Å²) in [5.41, 5.74) is 0.0778. The van der Waals surface area contributed by atoms with E-state index < -0.39 is 0 Å². The van der Waals surface area contributed by atoms with E-state index in [0.717, 1.165) is 45.4 Å². The zero-order valence-electron chi connectivity index (χ0n) is 13.3.